The van der Waals surface area contributed by atoms with Crippen LogP contribution in [0.4, 0.5) is 4.79 Å². The van der Waals surface area contributed by atoms with E-state index in [1.807, 2.05) is 0 Å². The molecule has 3 N–H and O–H groups in total. The molecule has 1 fully saturated rings. The zero-order valence-electron chi connectivity index (χ0n) is 14.2. The van der Waals surface area contributed by atoms with E-state index in [0.717, 1.165) is 5.01 Å². The number of hydrogen-bond acceptors (Lipinski definition) is 6. The first-order valence-electron chi connectivity index (χ1n) is 7.89. The van der Waals surface area contributed by atoms with Crippen LogP contribution in [0.1, 0.15) is 43.6 Å². The van der Waals surface area contributed by atoms with Gasteiger partial charge in [0.25, 0.3) is 0 Å². The van der Waals surface area contributed by atoms with Crippen LogP contribution in [-0.2, 0) is 21.5 Å². The Bertz CT molecular complexity index is 591. The van der Waals surface area contributed by atoms with E-state index in [1.165, 1.54) is 11.3 Å². The van der Waals surface area contributed by atoms with Crippen LogP contribution in [0.2, 0.25) is 0 Å². The van der Waals surface area contributed by atoms with Crippen molar-refractivity contribution in [2.75, 3.05) is 19.8 Å². The molecule has 1 aromatic rings. The van der Waals surface area contributed by atoms with Crippen molar-refractivity contribution in [2.45, 2.75) is 45.6 Å². The zero-order chi connectivity index (χ0) is 17.8. The monoisotopic (exact) mass is 356 g/mol. The van der Waals surface area contributed by atoms with Crippen molar-refractivity contribution < 1.29 is 19.4 Å². The van der Waals surface area contributed by atoms with Crippen LogP contribution in [0.5, 0.6) is 0 Å². The summed E-state index contributed by atoms with van der Waals surface area (Å²) in [4.78, 5) is 23.4. The molecular formula is C15H24N4O4S. The maximum absolute atomic E-state index is 11.9. The highest BCUT2D eigenvalue weighted by Crippen LogP contribution is 2.28. The summed E-state index contributed by atoms with van der Waals surface area (Å²) in [5.41, 5.74) is -1.12. The number of nitrogens with one attached hydrogen (secondary N) is 2. The molecule has 2 amide bonds. The van der Waals surface area contributed by atoms with Gasteiger partial charge in [0, 0.05) is 18.6 Å². The minimum atomic E-state index is -1.04. The average Bonchev–Trinajstić information content (AvgIpc) is 3.01. The van der Waals surface area contributed by atoms with Crippen LogP contribution in [0, 0.1) is 5.41 Å². The summed E-state index contributed by atoms with van der Waals surface area (Å²) in [5, 5.41) is 24.5. The van der Waals surface area contributed by atoms with Gasteiger partial charge in [0.1, 0.15) is 15.4 Å². The number of nitrogens with zero attached hydrogens (tertiary/aromatic N) is 2. The Labute approximate surface area is 145 Å². The molecular weight excluding hydrogens is 332 g/mol. The fourth-order valence-electron chi connectivity index (χ4n) is 2.33. The Hall–Kier alpha value is -1.74. The Kier molecular flexibility index (Phi) is 5.76. The summed E-state index contributed by atoms with van der Waals surface area (Å²) >= 11 is 1.45. The molecule has 0 aromatic carbocycles. The number of amides is 2. The number of ether oxygens (including phenoxy) is 1. The van der Waals surface area contributed by atoms with Crippen molar-refractivity contribution in [3.8, 4) is 0 Å². The zero-order valence-corrected chi connectivity index (χ0v) is 15.0. The van der Waals surface area contributed by atoms with Gasteiger partial charge in [-0.1, -0.05) is 32.1 Å². The highest BCUT2D eigenvalue weighted by molar-refractivity contribution is 7.11. The van der Waals surface area contributed by atoms with Crippen molar-refractivity contribution >= 4 is 23.3 Å². The molecule has 1 unspecified atom stereocenters. The third-order valence-corrected chi connectivity index (χ3v) is 5.22. The van der Waals surface area contributed by atoms with Crippen molar-refractivity contribution in [2.24, 2.45) is 5.41 Å². The molecule has 0 saturated carbocycles. The van der Waals surface area contributed by atoms with Gasteiger partial charge in [0.05, 0.1) is 13.2 Å². The van der Waals surface area contributed by atoms with Gasteiger partial charge in [-0.25, -0.2) is 4.79 Å². The third kappa shape index (κ3) is 4.64. The summed E-state index contributed by atoms with van der Waals surface area (Å²) in [7, 11) is 0. The smallest absolute Gasteiger partial charge is 0.315 e. The van der Waals surface area contributed by atoms with E-state index in [2.05, 4.69) is 41.6 Å². The van der Waals surface area contributed by atoms with E-state index in [1.54, 1.807) is 0 Å². The molecule has 0 aliphatic carbocycles. The van der Waals surface area contributed by atoms with Gasteiger partial charge in [-0.3, -0.25) is 4.79 Å². The summed E-state index contributed by atoms with van der Waals surface area (Å²) in [6.07, 6.45) is 1.17. The third-order valence-electron chi connectivity index (χ3n) is 3.87. The lowest BCUT2D eigenvalue weighted by Crippen LogP contribution is -2.50. The lowest BCUT2D eigenvalue weighted by Gasteiger charge is -2.32. The molecule has 2 rings (SSSR count). The summed E-state index contributed by atoms with van der Waals surface area (Å²) < 4.78 is 5.27. The summed E-state index contributed by atoms with van der Waals surface area (Å²) in [5.74, 6) is -0.943. The fraction of sp³-hybridized carbons (Fsp3) is 0.733. The second-order valence-electron chi connectivity index (χ2n) is 7.03. The van der Waals surface area contributed by atoms with E-state index in [0.29, 0.717) is 24.5 Å². The van der Waals surface area contributed by atoms with Gasteiger partial charge in [-0.05, 0) is 12.8 Å². The molecule has 0 bridgehead atoms. The van der Waals surface area contributed by atoms with E-state index < -0.39 is 17.4 Å². The van der Waals surface area contributed by atoms with Crippen LogP contribution >= 0.6 is 11.3 Å². The normalized spacial score (nSPS) is 21.3. The summed E-state index contributed by atoms with van der Waals surface area (Å²) in [6.45, 7) is 7.13. The molecule has 8 nitrogen and oxygen atoms in total. The number of urea groups is 1. The van der Waals surface area contributed by atoms with E-state index >= 15 is 0 Å². The molecule has 1 aliphatic rings. The Morgan fingerprint density at radius 3 is 2.62 bits per heavy atom. The first kappa shape index (κ1) is 18.6. The number of carbonyl (C=O) groups is 2. The maximum Gasteiger partial charge on any atom is 0.315 e. The lowest BCUT2D eigenvalue weighted by atomic mass is 9.82. The minimum absolute atomic E-state index is 0.0392. The lowest BCUT2D eigenvalue weighted by molar-refractivity contribution is -0.156. The van der Waals surface area contributed by atoms with E-state index in [9.17, 15) is 14.7 Å². The number of hydrogen-bond donors (Lipinski definition) is 3. The van der Waals surface area contributed by atoms with Crippen LogP contribution in [0.15, 0.2) is 0 Å². The molecule has 0 radical (unpaired) electrons. The topological polar surface area (TPSA) is 113 Å². The van der Waals surface area contributed by atoms with Gasteiger partial charge >= 0.3 is 12.0 Å². The fourth-order valence-corrected chi connectivity index (χ4v) is 3.17. The number of aromatic nitrogens is 2. The molecule has 0 spiro atoms. The number of aliphatic carboxylic acids is 1. The highest BCUT2D eigenvalue weighted by atomic mass is 32.1. The van der Waals surface area contributed by atoms with E-state index in [-0.39, 0.29) is 25.1 Å². The SMILES string of the molecule is CC(C)(C)c1nnc(CNC(=O)NCC2(C(=O)O)CCCOC2)s1. The number of carboxylic acid groups (broad SMARTS) is 1. The molecule has 2 heterocycles. The Morgan fingerprint density at radius 1 is 1.33 bits per heavy atom. The second-order valence-corrected chi connectivity index (χ2v) is 8.09. The van der Waals surface area contributed by atoms with Crippen LogP contribution in [-0.4, -0.2) is 47.1 Å². The van der Waals surface area contributed by atoms with Gasteiger partial charge in [0.15, 0.2) is 0 Å². The van der Waals surface area contributed by atoms with Crippen molar-refractivity contribution in [1.82, 2.24) is 20.8 Å². The molecule has 1 aromatic heterocycles. The Balaban J connectivity index is 1.83. The second kappa shape index (κ2) is 7.43. The first-order chi connectivity index (χ1) is 11.2. The number of carbonyl (C=O) groups excluding carboxylic acids is 1. The molecule has 1 atom stereocenters. The van der Waals surface area contributed by atoms with Gasteiger partial charge < -0.3 is 20.5 Å². The average molecular weight is 356 g/mol. The molecule has 134 valence electrons. The van der Waals surface area contributed by atoms with E-state index in [4.69, 9.17) is 4.74 Å². The standard InChI is InChI=1S/C15H24N4O4S/c1-14(2,3)11-19-18-10(24-11)7-16-13(22)17-8-15(12(20)21)5-4-6-23-9-15/h4-9H2,1-3H3,(H,20,21)(H2,16,17,22). The predicted octanol–water partition coefficient (Wildman–Crippen LogP) is 1.52. The molecule has 1 aliphatic heterocycles. The van der Waals surface area contributed by atoms with Crippen LogP contribution in [0.25, 0.3) is 0 Å². The van der Waals surface area contributed by atoms with Crippen LogP contribution in [0.3, 0.4) is 0 Å². The van der Waals surface area contributed by atoms with Crippen molar-refractivity contribution in [3.63, 3.8) is 0 Å². The van der Waals surface area contributed by atoms with Crippen molar-refractivity contribution in [3.05, 3.63) is 10.0 Å². The minimum Gasteiger partial charge on any atom is -0.481 e. The Morgan fingerprint density at radius 2 is 2.08 bits per heavy atom. The summed E-state index contributed by atoms with van der Waals surface area (Å²) in [6, 6.07) is -0.422. The van der Waals surface area contributed by atoms with Crippen LogP contribution < -0.4 is 10.6 Å². The first-order valence-corrected chi connectivity index (χ1v) is 8.70. The highest BCUT2D eigenvalue weighted by Gasteiger charge is 2.40. The number of rotatable bonds is 5. The number of carboxylic acids is 1. The molecule has 24 heavy (non-hydrogen) atoms. The predicted molar refractivity (Wildman–Crippen MR) is 89.0 cm³/mol. The van der Waals surface area contributed by atoms with Gasteiger partial charge in [-0.2, -0.15) is 0 Å². The molecule has 1 saturated heterocycles. The van der Waals surface area contributed by atoms with Crippen molar-refractivity contribution in [1.29, 1.82) is 0 Å². The largest absolute Gasteiger partial charge is 0.481 e. The maximum atomic E-state index is 11.9. The van der Waals surface area contributed by atoms with Gasteiger partial charge in [0.2, 0.25) is 0 Å². The quantitative estimate of drug-likeness (QED) is 0.737. The molecule has 9 heteroatoms. The van der Waals surface area contributed by atoms with Gasteiger partial charge in [-0.15, -0.1) is 10.2 Å².